The smallest absolute Gasteiger partial charge is 0.190 e. The molecule has 0 amide bonds. The maximum Gasteiger partial charge on any atom is 0.190 e. The highest BCUT2D eigenvalue weighted by Crippen LogP contribution is 2.20. The molecule has 12 heavy (non-hydrogen) atoms. The third-order valence-corrected chi connectivity index (χ3v) is 1.68. The molecule has 0 unspecified atom stereocenters. The summed E-state index contributed by atoms with van der Waals surface area (Å²) in [6.45, 7) is 0. The molecule has 0 aliphatic carbocycles. The first kappa shape index (κ1) is 7.09. The summed E-state index contributed by atoms with van der Waals surface area (Å²) in [5.74, 6) is -0.394. The maximum atomic E-state index is 13.1. The van der Waals surface area contributed by atoms with E-state index in [-0.39, 0.29) is 5.58 Å². The van der Waals surface area contributed by atoms with Gasteiger partial charge in [0.25, 0.3) is 0 Å². The second kappa shape index (κ2) is 2.48. The number of nitrogens with one attached hydrogen (secondary N) is 1. The summed E-state index contributed by atoms with van der Waals surface area (Å²) >= 11 is 0. The highest BCUT2D eigenvalue weighted by atomic mass is 19.1. The molecule has 2 aromatic rings. The molecule has 1 N–H and O–H groups in total. The van der Waals surface area contributed by atoms with Crippen molar-refractivity contribution < 1.29 is 8.81 Å². The second-order valence-electron chi connectivity index (χ2n) is 2.41. The third-order valence-electron chi connectivity index (χ3n) is 1.68. The Morgan fingerprint density at radius 2 is 2.33 bits per heavy atom. The largest absolute Gasteiger partial charge is 0.440 e. The summed E-state index contributed by atoms with van der Waals surface area (Å²) in [5, 5.41) is 2.83. The lowest BCUT2D eigenvalue weighted by molar-refractivity contribution is 0.554. The molecular weight excluding hydrogens is 159 g/mol. The Morgan fingerprint density at radius 1 is 1.50 bits per heavy atom. The zero-order valence-electron chi connectivity index (χ0n) is 6.47. The van der Waals surface area contributed by atoms with Crippen LogP contribution in [-0.4, -0.2) is 12.0 Å². The number of hydrogen-bond acceptors (Lipinski definition) is 3. The van der Waals surface area contributed by atoms with Gasteiger partial charge in [-0.1, -0.05) is 0 Å². The molecule has 0 radical (unpaired) electrons. The predicted octanol–water partition coefficient (Wildman–Crippen LogP) is 2.01. The summed E-state index contributed by atoms with van der Waals surface area (Å²) in [5.41, 5.74) is 1.42. The minimum atomic E-state index is -0.394. The van der Waals surface area contributed by atoms with E-state index in [9.17, 15) is 4.39 Å². The number of aromatic nitrogens is 1. The second-order valence-corrected chi connectivity index (χ2v) is 2.41. The number of halogens is 1. The van der Waals surface area contributed by atoms with Gasteiger partial charge < -0.3 is 9.73 Å². The fraction of sp³-hybridized carbons (Fsp3) is 0.125. The summed E-state index contributed by atoms with van der Waals surface area (Å²) in [6.07, 6.45) is 1.23. The molecule has 0 saturated heterocycles. The number of nitrogens with zero attached hydrogens (tertiary/aromatic N) is 1. The number of rotatable bonds is 1. The standard InChI is InChI=1S/C8H7FN2O/c1-10-5-2-6(9)8-7(3-5)11-4-12-8/h2-4,10H,1H3. The van der Waals surface area contributed by atoms with Crippen molar-refractivity contribution in [3.63, 3.8) is 0 Å². The van der Waals surface area contributed by atoms with Crippen LogP contribution in [0.3, 0.4) is 0 Å². The SMILES string of the molecule is CNc1cc(F)c2ocnc2c1. The lowest BCUT2D eigenvalue weighted by Gasteiger charge is -1.98. The van der Waals surface area contributed by atoms with Gasteiger partial charge in [-0.15, -0.1) is 0 Å². The molecule has 0 fully saturated rings. The van der Waals surface area contributed by atoms with Crippen LogP contribution in [-0.2, 0) is 0 Å². The van der Waals surface area contributed by atoms with E-state index < -0.39 is 5.82 Å². The molecule has 2 rings (SSSR count). The number of fused-ring (bicyclic) bond motifs is 1. The molecule has 1 aromatic heterocycles. The lowest BCUT2D eigenvalue weighted by atomic mass is 10.3. The van der Waals surface area contributed by atoms with E-state index in [0.29, 0.717) is 11.2 Å². The molecule has 1 heterocycles. The zero-order chi connectivity index (χ0) is 8.55. The van der Waals surface area contributed by atoms with Crippen molar-refractivity contribution in [2.75, 3.05) is 12.4 Å². The van der Waals surface area contributed by atoms with Gasteiger partial charge in [0.2, 0.25) is 0 Å². The zero-order valence-corrected chi connectivity index (χ0v) is 6.47. The van der Waals surface area contributed by atoms with E-state index in [1.165, 1.54) is 12.5 Å². The van der Waals surface area contributed by atoms with Crippen LogP contribution in [0.15, 0.2) is 22.9 Å². The first-order valence-corrected chi connectivity index (χ1v) is 3.52. The summed E-state index contributed by atoms with van der Waals surface area (Å²) in [7, 11) is 1.72. The summed E-state index contributed by atoms with van der Waals surface area (Å²) in [4.78, 5) is 3.84. The molecule has 3 nitrogen and oxygen atoms in total. The fourth-order valence-electron chi connectivity index (χ4n) is 1.07. The topological polar surface area (TPSA) is 38.1 Å². The Bertz CT molecular complexity index is 410. The molecule has 4 heteroatoms. The first-order valence-electron chi connectivity index (χ1n) is 3.52. The van der Waals surface area contributed by atoms with E-state index in [1.54, 1.807) is 13.1 Å². The quantitative estimate of drug-likeness (QED) is 0.704. The van der Waals surface area contributed by atoms with Crippen LogP contribution < -0.4 is 5.32 Å². The number of oxazole rings is 1. The van der Waals surface area contributed by atoms with Gasteiger partial charge >= 0.3 is 0 Å². The van der Waals surface area contributed by atoms with Crippen LogP contribution in [0.2, 0.25) is 0 Å². The molecule has 1 aromatic carbocycles. The number of anilines is 1. The van der Waals surface area contributed by atoms with Crippen LogP contribution in [0.25, 0.3) is 11.1 Å². The lowest BCUT2D eigenvalue weighted by Crippen LogP contribution is -1.88. The van der Waals surface area contributed by atoms with Gasteiger partial charge in [0.1, 0.15) is 5.52 Å². The number of benzene rings is 1. The molecule has 62 valence electrons. The Morgan fingerprint density at radius 3 is 3.08 bits per heavy atom. The average Bonchev–Trinajstić information content (AvgIpc) is 2.52. The molecule has 0 spiro atoms. The summed E-state index contributed by atoms with van der Waals surface area (Å²) < 4.78 is 17.9. The fourth-order valence-corrected chi connectivity index (χ4v) is 1.07. The van der Waals surface area contributed by atoms with Gasteiger partial charge in [-0.25, -0.2) is 9.37 Å². The van der Waals surface area contributed by atoms with Gasteiger partial charge in [-0.05, 0) is 6.07 Å². The van der Waals surface area contributed by atoms with Crippen LogP contribution >= 0.6 is 0 Å². The van der Waals surface area contributed by atoms with Crippen molar-refractivity contribution in [2.24, 2.45) is 0 Å². The van der Waals surface area contributed by atoms with Gasteiger partial charge in [-0.3, -0.25) is 0 Å². The van der Waals surface area contributed by atoms with Crippen molar-refractivity contribution in [2.45, 2.75) is 0 Å². The monoisotopic (exact) mass is 166 g/mol. The van der Waals surface area contributed by atoms with Gasteiger partial charge in [0.05, 0.1) is 0 Å². The molecular formula is C8H7FN2O. The van der Waals surface area contributed by atoms with Crippen molar-refractivity contribution >= 4 is 16.8 Å². The molecule has 0 bridgehead atoms. The average molecular weight is 166 g/mol. The van der Waals surface area contributed by atoms with Gasteiger partial charge in [0, 0.05) is 18.8 Å². The van der Waals surface area contributed by atoms with E-state index in [0.717, 1.165) is 0 Å². The minimum absolute atomic E-state index is 0.203. The van der Waals surface area contributed by atoms with Crippen molar-refractivity contribution in [1.29, 1.82) is 0 Å². The van der Waals surface area contributed by atoms with Crippen LogP contribution in [0, 0.1) is 5.82 Å². The van der Waals surface area contributed by atoms with Gasteiger partial charge in [-0.2, -0.15) is 0 Å². The predicted molar refractivity (Wildman–Crippen MR) is 43.5 cm³/mol. The highest BCUT2D eigenvalue weighted by molar-refractivity contribution is 5.77. The number of hydrogen-bond donors (Lipinski definition) is 1. The first-order chi connectivity index (χ1) is 5.81. The highest BCUT2D eigenvalue weighted by Gasteiger charge is 2.06. The minimum Gasteiger partial charge on any atom is -0.440 e. The Labute approximate surface area is 68.2 Å². The van der Waals surface area contributed by atoms with Crippen molar-refractivity contribution in [1.82, 2.24) is 4.98 Å². The van der Waals surface area contributed by atoms with E-state index in [2.05, 4.69) is 10.3 Å². The van der Waals surface area contributed by atoms with Gasteiger partial charge in [0.15, 0.2) is 17.8 Å². The normalized spacial score (nSPS) is 10.5. The molecule has 0 saturated carbocycles. The third kappa shape index (κ3) is 0.922. The van der Waals surface area contributed by atoms with Crippen molar-refractivity contribution in [3.8, 4) is 0 Å². The Kier molecular flexibility index (Phi) is 1.46. The van der Waals surface area contributed by atoms with E-state index in [1.807, 2.05) is 0 Å². The Balaban J connectivity index is 2.75. The van der Waals surface area contributed by atoms with Crippen LogP contribution in [0.1, 0.15) is 0 Å². The Hall–Kier alpha value is -1.58. The van der Waals surface area contributed by atoms with Crippen LogP contribution in [0.4, 0.5) is 10.1 Å². The van der Waals surface area contributed by atoms with Crippen LogP contribution in [0.5, 0.6) is 0 Å². The molecule has 0 aliphatic heterocycles. The van der Waals surface area contributed by atoms with E-state index >= 15 is 0 Å². The van der Waals surface area contributed by atoms with Crippen molar-refractivity contribution in [3.05, 3.63) is 24.3 Å². The van der Waals surface area contributed by atoms with E-state index in [4.69, 9.17) is 4.42 Å². The summed E-state index contributed by atoms with van der Waals surface area (Å²) in [6, 6.07) is 3.09. The molecule has 0 atom stereocenters. The molecule has 0 aliphatic rings. The maximum absolute atomic E-state index is 13.1.